The summed E-state index contributed by atoms with van der Waals surface area (Å²) < 4.78 is 6.31. The largest absolute Gasteiger partial charge is 0.496 e. The van der Waals surface area contributed by atoms with Gasteiger partial charge in [-0.3, -0.25) is 0 Å². The Morgan fingerprint density at radius 1 is 1.21 bits per heavy atom. The zero-order valence-corrected chi connectivity index (χ0v) is 12.0. The van der Waals surface area contributed by atoms with E-state index in [-0.39, 0.29) is 0 Å². The number of benzene rings is 2. The first kappa shape index (κ1) is 13.6. The fraction of sp³-hybridized carbons (Fsp3) is 0.133. The van der Waals surface area contributed by atoms with E-state index in [0.29, 0.717) is 12.0 Å². The topological polar surface area (TPSA) is 46.5 Å². The van der Waals surface area contributed by atoms with E-state index in [1.807, 2.05) is 30.3 Å². The van der Waals surface area contributed by atoms with E-state index in [2.05, 4.69) is 15.9 Å². The van der Waals surface area contributed by atoms with Crippen LogP contribution in [0.1, 0.15) is 21.5 Å². The van der Waals surface area contributed by atoms with Crippen molar-refractivity contribution in [2.45, 2.75) is 6.42 Å². The molecule has 98 valence electrons. The van der Waals surface area contributed by atoms with Gasteiger partial charge in [0.1, 0.15) is 5.75 Å². The van der Waals surface area contributed by atoms with Crippen molar-refractivity contribution in [3.8, 4) is 5.75 Å². The molecular formula is C15H13BrO3. The van der Waals surface area contributed by atoms with Gasteiger partial charge in [-0.2, -0.15) is 0 Å². The van der Waals surface area contributed by atoms with Gasteiger partial charge in [0.25, 0.3) is 0 Å². The molecule has 0 spiro atoms. The van der Waals surface area contributed by atoms with Crippen molar-refractivity contribution in [3.05, 3.63) is 63.6 Å². The average Bonchev–Trinajstić information content (AvgIpc) is 2.39. The lowest BCUT2D eigenvalue weighted by Gasteiger charge is -2.09. The molecule has 0 aliphatic rings. The van der Waals surface area contributed by atoms with E-state index in [1.54, 1.807) is 19.2 Å². The molecule has 3 nitrogen and oxygen atoms in total. The number of hydrogen-bond donors (Lipinski definition) is 1. The van der Waals surface area contributed by atoms with Gasteiger partial charge in [0.05, 0.1) is 12.7 Å². The highest BCUT2D eigenvalue weighted by atomic mass is 79.9. The quantitative estimate of drug-likeness (QED) is 0.933. The SMILES string of the molecule is COc1ccc(Br)cc1Cc1ccc(C(=O)O)cc1. The first-order valence-corrected chi connectivity index (χ1v) is 6.54. The van der Waals surface area contributed by atoms with Gasteiger partial charge in [0.2, 0.25) is 0 Å². The summed E-state index contributed by atoms with van der Waals surface area (Å²) in [5, 5.41) is 8.86. The molecule has 0 bridgehead atoms. The van der Waals surface area contributed by atoms with Gasteiger partial charge in [0.15, 0.2) is 0 Å². The van der Waals surface area contributed by atoms with Crippen LogP contribution >= 0.6 is 15.9 Å². The Morgan fingerprint density at radius 2 is 1.89 bits per heavy atom. The van der Waals surface area contributed by atoms with Crippen molar-refractivity contribution < 1.29 is 14.6 Å². The summed E-state index contributed by atoms with van der Waals surface area (Å²) in [5.41, 5.74) is 2.39. The third-order valence-corrected chi connectivity index (χ3v) is 3.33. The predicted molar refractivity (Wildman–Crippen MR) is 76.9 cm³/mol. The Bertz CT molecular complexity index is 591. The van der Waals surface area contributed by atoms with Crippen LogP contribution in [-0.4, -0.2) is 18.2 Å². The van der Waals surface area contributed by atoms with Gasteiger partial charge in [-0.05, 0) is 41.5 Å². The summed E-state index contributed by atoms with van der Waals surface area (Å²) in [6.45, 7) is 0. The van der Waals surface area contributed by atoms with Crippen LogP contribution in [-0.2, 0) is 6.42 Å². The standard InChI is InChI=1S/C15H13BrO3/c1-19-14-7-6-13(16)9-12(14)8-10-2-4-11(5-3-10)15(17)18/h2-7,9H,8H2,1H3,(H,17,18). The molecular weight excluding hydrogens is 308 g/mol. The summed E-state index contributed by atoms with van der Waals surface area (Å²) >= 11 is 3.44. The van der Waals surface area contributed by atoms with Crippen LogP contribution in [0.5, 0.6) is 5.75 Å². The Balaban J connectivity index is 2.25. The normalized spacial score (nSPS) is 10.2. The predicted octanol–water partition coefficient (Wildman–Crippen LogP) is 3.75. The van der Waals surface area contributed by atoms with E-state index in [9.17, 15) is 4.79 Å². The fourth-order valence-corrected chi connectivity index (χ4v) is 2.28. The summed E-state index contributed by atoms with van der Waals surface area (Å²) in [5.74, 6) is -0.0860. The summed E-state index contributed by atoms with van der Waals surface area (Å²) in [6, 6.07) is 12.7. The molecule has 1 N–H and O–H groups in total. The van der Waals surface area contributed by atoms with E-state index in [1.165, 1.54) is 0 Å². The molecule has 0 unspecified atom stereocenters. The van der Waals surface area contributed by atoms with Gasteiger partial charge in [-0.25, -0.2) is 4.79 Å². The van der Waals surface area contributed by atoms with E-state index in [4.69, 9.17) is 9.84 Å². The van der Waals surface area contributed by atoms with Crippen LogP contribution in [0.2, 0.25) is 0 Å². The third kappa shape index (κ3) is 3.35. The van der Waals surface area contributed by atoms with Crippen LogP contribution < -0.4 is 4.74 Å². The number of halogens is 1. The number of rotatable bonds is 4. The van der Waals surface area contributed by atoms with Crippen molar-refractivity contribution in [1.29, 1.82) is 0 Å². The van der Waals surface area contributed by atoms with Crippen molar-refractivity contribution in [2.75, 3.05) is 7.11 Å². The Hall–Kier alpha value is -1.81. The van der Waals surface area contributed by atoms with Crippen molar-refractivity contribution >= 4 is 21.9 Å². The van der Waals surface area contributed by atoms with Crippen molar-refractivity contribution in [3.63, 3.8) is 0 Å². The van der Waals surface area contributed by atoms with Crippen LogP contribution in [0.4, 0.5) is 0 Å². The molecule has 0 heterocycles. The molecule has 0 saturated carbocycles. The van der Waals surface area contributed by atoms with Crippen LogP contribution in [0.3, 0.4) is 0 Å². The monoisotopic (exact) mass is 320 g/mol. The summed E-state index contributed by atoms with van der Waals surface area (Å²) in [6.07, 6.45) is 0.697. The second kappa shape index (κ2) is 5.89. The molecule has 4 heteroatoms. The van der Waals surface area contributed by atoms with Gasteiger partial charge in [0, 0.05) is 10.9 Å². The molecule has 2 aromatic rings. The number of methoxy groups -OCH3 is 1. The molecule has 0 aliphatic heterocycles. The smallest absolute Gasteiger partial charge is 0.335 e. The molecule has 0 aliphatic carbocycles. The highest BCUT2D eigenvalue weighted by molar-refractivity contribution is 9.10. The Kier molecular flexibility index (Phi) is 4.22. The van der Waals surface area contributed by atoms with E-state index in [0.717, 1.165) is 21.3 Å². The van der Waals surface area contributed by atoms with E-state index < -0.39 is 5.97 Å². The Labute approximate surface area is 120 Å². The van der Waals surface area contributed by atoms with Gasteiger partial charge < -0.3 is 9.84 Å². The molecule has 0 fully saturated rings. The highest BCUT2D eigenvalue weighted by Gasteiger charge is 2.06. The summed E-state index contributed by atoms with van der Waals surface area (Å²) in [4.78, 5) is 10.8. The Morgan fingerprint density at radius 3 is 2.47 bits per heavy atom. The van der Waals surface area contributed by atoms with Crippen LogP contribution in [0.25, 0.3) is 0 Å². The van der Waals surface area contributed by atoms with E-state index >= 15 is 0 Å². The lowest BCUT2D eigenvalue weighted by atomic mass is 10.0. The number of hydrogen-bond acceptors (Lipinski definition) is 2. The van der Waals surface area contributed by atoms with Gasteiger partial charge in [-0.15, -0.1) is 0 Å². The summed E-state index contributed by atoms with van der Waals surface area (Å²) in [7, 11) is 1.64. The van der Waals surface area contributed by atoms with Crippen LogP contribution in [0.15, 0.2) is 46.9 Å². The molecule has 0 atom stereocenters. The first-order valence-electron chi connectivity index (χ1n) is 5.75. The number of carboxylic acid groups (broad SMARTS) is 1. The zero-order valence-electron chi connectivity index (χ0n) is 10.4. The third-order valence-electron chi connectivity index (χ3n) is 2.84. The van der Waals surface area contributed by atoms with Gasteiger partial charge >= 0.3 is 5.97 Å². The zero-order chi connectivity index (χ0) is 13.8. The fourth-order valence-electron chi connectivity index (χ4n) is 1.87. The lowest BCUT2D eigenvalue weighted by Crippen LogP contribution is -1.97. The average molecular weight is 321 g/mol. The lowest BCUT2D eigenvalue weighted by molar-refractivity contribution is 0.0697. The van der Waals surface area contributed by atoms with Crippen LogP contribution in [0, 0.1) is 0 Å². The maximum Gasteiger partial charge on any atom is 0.335 e. The minimum absolute atomic E-state index is 0.296. The van der Waals surface area contributed by atoms with Crippen molar-refractivity contribution in [1.82, 2.24) is 0 Å². The van der Waals surface area contributed by atoms with Gasteiger partial charge in [-0.1, -0.05) is 28.1 Å². The highest BCUT2D eigenvalue weighted by Crippen LogP contribution is 2.25. The minimum Gasteiger partial charge on any atom is -0.496 e. The maximum atomic E-state index is 10.8. The minimum atomic E-state index is -0.911. The second-order valence-electron chi connectivity index (χ2n) is 4.14. The number of carboxylic acids is 1. The molecule has 19 heavy (non-hydrogen) atoms. The second-order valence-corrected chi connectivity index (χ2v) is 5.05. The number of ether oxygens (including phenoxy) is 1. The molecule has 0 aromatic heterocycles. The molecule has 0 radical (unpaired) electrons. The molecule has 2 aromatic carbocycles. The number of carbonyl (C=O) groups is 1. The van der Waals surface area contributed by atoms with Crippen molar-refractivity contribution in [2.24, 2.45) is 0 Å². The number of aromatic carboxylic acids is 1. The first-order chi connectivity index (χ1) is 9.10. The molecule has 0 amide bonds. The molecule has 2 rings (SSSR count). The maximum absolute atomic E-state index is 10.8. The molecule has 0 saturated heterocycles.